The molecular weight excluding hydrogens is 270 g/mol. The lowest BCUT2D eigenvalue weighted by Gasteiger charge is -2.07. The Morgan fingerprint density at radius 2 is 1.68 bits per heavy atom. The largest absolute Gasteiger partial charge is 0.482 e. The van der Waals surface area contributed by atoms with Crippen molar-refractivity contribution >= 4 is 24.3 Å². The van der Waals surface area contributed by atoms with Gasteiger partial charge in [0.1, 0.15) is 5.75 Å². The van der Waals surface area contributed by atoms with Crippen LogP contribution in [0.1, 0.15) is 19.4 Å². The van der Waals surface area contributed by atoms with Gasteiger partial charge in [0.05, 0.1) is 13.2 Å². The topological polar surface area (TPSA) is 68.6 Å². The van der Waals surface area contributed by atoms with E-state index in [0.29, 0.717) is 24.5 Å². The Morgan fingerprint density at radius 1 is 1.11 bits per heavy atom. The Balaban J connectivity index is 0.00000324. The van der Waals surface area contributed by atoms with Gasteiger partial charge in [0.25, 0.3) is 0 Å². The highest BCUT2D eigenvalue weighted by molar-refractivity contribution is 5.91. The van der Waals surface area contributed by atoms with Crippen LogP contribution in [0.15, 0.2) is 24.3 Å². The van der Waals surface area contributed by atoms with E-state index >= 15 is 0 Å². The fourth-order valence-electron chi connectivity index (χ4n) is 1.28. The Morgan fingerprint density at radius 3 is 2.21 bits per heavy atom. The summed E-state index contributed by atoms with van der Waals surface area (Å²) in [7, 11) is 0. The molecule has 0 heterocycles. The monoisotopic (exact) mass is 287 g/mol. The highest BCUT2D eigenvalue weighted by Gasteiger charge is 2.05. The van der Waals surface area contributed by atoms with E-state index in [0.717, 1.165) is 0 Å². The lowest BCUT2D eigenvalue weighted by atomic mass is 10.2. The van der Waals surface area contributed by atoms with Crippen LogP contribution in [0.2, 0.25) is 0 Å². The first-order chi connectivity index (χ1) is 8.67. The summed E-state index contributed by atoms with van der Waals surface area (Å²) in [5.41, 5.74) is 0.667. The molecule has 106 valence electrons. The van der Waals surface area contributed by atoms with Gasteiger partial charge in [-0.2, -0.15) is 0 Å². The van der Waals surface area contributed by atoms with E-state index < -0.39 is 5.97 Å². The molecule has 0 aliphatic rings. The van der Waals surface area contributed by atoms with Crippen LogP contribution in [-0.4, -0.2) is 31.7 Å². The van der Waals surface area contributed by atoms with Crippen LogP contribution in [0.4, 0.5) is 0 Å². The maximum Gasteiger partial charge on any atom is 0.344 e. The summed E-state index contributed by atoms with van der Waals surface area (Å²) in [6.07, 6.45) is 0. The van der Waals surface area contributed by atoms with E-state index in [2.05, 4.69) is 0 Å². The van der Waals surface area contributed by atoms with E-state index in [1.54, 1.807) is 31.2 Å². The predicted octanol–water partition coefficient (Wildman–Crippen LogP) is 2.41. The molecule has 6 heteroatoms. The molecule has 0 aromatic heterocycles. The lowest BCUT2D eigenvalue weighted by Crippen LogP contribution is -2.14. The zero-order valence-electron chi connectivity index (χ0n) is 11.0. The summed E-state index contributed by atoms with van der Waals surface area (Å²) in [6, 6.07) is 6.78. The third-order valence-corrected chi connectivity index (χ3v) is 2.07. The minimum absolute atomic E-state index is 0. The minimum Gasteiger partial charge on any atom is -0.482 e. The molecule has 0 spiro atoms. The standard InChI is InChI=1S/C13H17NO4.ClH/c1-3-16-12(15)9-18-11-7-5-10(6-8-11)13(14)17-4-2;/h5-8,14H,3-4,9H2,1-2H3;1H. The molecular formula is C13H18ClNO4. The van der Waals surface area contributed by atoms with Gasteiger partial charge in [-0.15, -0.1) is 12.4 Å². The summed E-state index contributed by atoms with van der Waals surface area (Å²) >= 11 is 0. The molecule has 0 aliphatic carbocycles. The molecule has 1 aromatic rings. The van der Waals surface area contributed by atoms with Crippen LogP contribution >= 0.6 is 12.4 Å². The van der Waals surface area contributed by atoms with E-state index in [4.69, 9.17) is 19.6 Å². The van der Waals surface area contributed by atoms with E-state index in [9.17, 15) is 4.79 Å². The maximum atomic E-state index is 11.1. The molecule has 19 heavy (non-hydrogen) atoms. The van der Waals surface area contributed by atoms with Gasteiger partial charge in [0, 0.05) is 5.56 Å². The summed E-state index contributed by atoms with van der Waals surface area (Å²) in [6.45, 7) is 4.25. The number of carbonyl (C=O) groups is 1. The highest BCUT2D eigenvalue weighted by Crippen LogP contribution is 2.12. The van der Waals surface area contributed by atoms with Crippen molar-refractivity contribution < 1.29 is 19.0 Å². The predicted molar refractivity (Wildman–Crippen MR) is 74.3 cm³/mol. The molecule has 0 saturated carbocycles. The van der Waals surface area contributed by atoms with Crippen LogP contribution in [0.25, 0.3) is 0 Å². The van der Waals surface area contributed by atoms with Gasteiger partial charge >= 0.3 is 5.97 Å². The molecule has 0 atom stereocenters. The zero-order valence-corrected chi connectivity index (χ0v) is 11.8. The molecule has 0 radical (unpaired) electrons. The molecule has 1 aromatic carbocycles. The Hall–Kier alpha value is -1.75. The number of esters is 1. The van der Waals surface area contributed by atoms with E-state index in [1.807, 2.05) is 6.92 Å². The molecule has 0 unspecified atom stereocenters. The highest BCUT2D eigenvalue weighted by atomic mass is 35.5. The van der Waals surface area contributed by atoms with Crippen molar-refractivity contribution in [3.8, 4) is 5.75 Å². The third-order valence-electron chi connectivity index (χ3n) is 2.07. The second-order valence-corrected chi connectivity index (χ2v) is 3.38. The molecule has 0 amide bonds. The Labute approximate surface area is 118 Å². The second kappa shape index (κ2) is 9.22. The van der Waals surface area contributed by atoms with Gasteiger partial charge < -0.3 is 14.2 Å². The van der Waals surface area contributed by atoms with Crippen LogP contribution in [0.5, 0.6) is 5.75 Å². The second-order valence-electron chi connectivity index (χ2n) is 3.38. The quantitative estimate of drug-likeness (QED) is 0.496. The summed E-state index contributed by atoms with van der Waals surface area (Å²) < 4.78 is 15.0. The number of benzene rings is 1. The van der Waals surface area contributed by atoms with Gasteiger partial charge in [-0.1, -0.05) is 0 Å². The molecule has 1 N–H and O–H groups in total. The van der Waals surface area contributed by atoms with Gasteiger partial charge in [-0.05, 0) is 38.1 Å². The summed E-state index contributed by atoms with van der Waals surface area (Å²) in [4.78, 5) is 11.1. The number of nitrogens with one attached hydrogen (secondary N) is 1. The van der Waals surface area contributed by atoms with Crippen molar-refractivity contribution in [1.29, 1.82) is 5.41 Å². The summed E-state index contributed by atoms with van der Waals surface area (Å²) in [5, 5.41) is 7.59. The van der Waals surface area contributed by atoms with Crippen LogP contribution in [0.3, 0.4) is 0 Å². The summed E-state index contributed by atoms with van der Waals surface area (Å²) in [5.74, 6) is 0.272. The van der Waals surface area contributed by atoms with Crippen molar-refractivity contribution in [2.45, 2.75) is 13.8 Å². The average molecular weight is 288 g/mol. The van der Waals surface area contributed by atoms with E-state index in [1.165, 1.54) is 0 Å². The first-order valence-electron chi connectivity index (χ1n) is 5.77. The smallest absolute Gasteiger partial charge is 0.344 e. The Kier molecular flexibility index (Phi) is 8.37. The lowest BCUT2D eigenvalue weighted by molar-refractivity contribution is -0.145. The van der Waals surface area contributed by atoms with Gasteiger partial charge in [0.15, 0.2) is 6.61 Å². The molecule has 0 fully saturated rings. The van der Waals surface area contributed by atoms with Crippen LogP contribution in [0, 0.1) is 5.41 Å². The Bertz CT molecular complexity index is 406. The number of halogens is 1. The number of rotatable bonds is 6. The maximum absolute atomic E-state index is 11.1. The fraction of sp³-hybridized carbons (Fsp3) is 0.385. The van der Waals surface area contributed by atoms with Gasteiger partial charge in [0.2, 0.25) is 5.90 Å². The third kappa shape index (κ3) is 6.10. The number of ether oxygens (including phenoxy) is 3. The SMILES string of the molecule is CCOC(=N)c1ccc(OCC(=O)OCC)cc1.Cl. The van der Waals surface area contributed by atoms with Gasteiger partial charge in [-0.25, -0.2) is 4.79 Å². The van der Waals surface area contributed by atoms with Crippen molar-refractivity contribution in [2.24, 2.45) is 0 Å². The number of hydrogen-bond acceptors (Lipinski definition) is 5. The van der Waals surface area contributed by atoms with E-state index in [-0.39, 0.29) is 24.9 Å². The average Bonchev–Trinajstić information content (AvgIpc) is 2.37. The molecule has 0 saturated heterocycles. The normalized spacial score (nSPS) is 9.16. The first kappa shape index (κ1) is 17.2. The van der Waals surface area contributed by atoms with Crippen LogP contribution < -0.4 is 4.74 Å². The van der Waals surface area contributed by atoms with Crippen molar-refractivity contribution in [1.82, 2.24) is 0 Å². The van der Waals surface area contributed by atoms with Crippen molar-refractivity contribution in [3.63, 3.8) is 0 Å². The van der Waals surface area contributed by atoms with Crippen molar-refractivity contribution in [3.05, 3.63) is 29.8 Å². The number of hydrogen-bond donors (Lipinski definition) is 1. The minimum atomic E-state index is -0.399. The molecule has 5 nitrogen and oxygen atoms in total. The number of carbonyl (C=O) groups excluding carboxylic acids is 1. The van der Waals surface area contributed by atoms with Gasteiger partial charge in [-0.3, -0.25) is 5.41 Å². The molecule has 1 rings (SSSR count). The molecule has 0 bridgehead atoms. The zero-order chi connectivity index (χ0) is 13.4. The van der Waals surface area contributed by atoms with Crippen molar-refractivity contribution in [2.75, 3.05) is 19.8 Å². The molecule has 0 aliphatic heterocycles. The fourth-order valence-corrected chi connectivity index (χ4v) is 1.28. The first-order valence-corrected chi connectivity index (χ1v) is 5.77. The van der Waals surface area contributed by atoms with Crippen LogP contribution in [-0.2, 0) is 14.3 Å².